The van der Waals surface area contributed by atoms with Gasteiger partial charge in [-0.1, -0.05) is 29.8 Å². The summed E-state index contributed by atoms with van der Waals surface area (Å²) in [6.45, 7) is 11.7. The molecule has 0 aromatic heterocycles. The van der Waals surface area contributed by atoms with Gasteiger partial charge < -0.3 is 20.4 Å². The Bertz CT molecular complexity index is 585. The quantitative estimate of drug-likeness (QED) is 0.293. The van der Waals surface area contributed by atoms with Crippen LogP contribution >= 0.6 is 24.0 Å². The Hall–Kier alpha value is -1.35. The van der Waals surface area contributed by atoms with Gasteiger partial charge in [0.25, 0.3) is 0 Å². The Morgan fingerprint density at radius 2 is 1.68 bits per heavy atom. The van der Waals surface area contributed by atoms with E-state index < -0.39 is 0 Å². The van der Waals surface area contributed by atoms with E-state index in [1.807, 2.05) is 25.7 Å². The van der Waals surface area contributed by atoms with Crippen LogP contribution in [0, 0.1) is 6.92 Å². The molecule has 0 spiro atoms. The van der Waals surface area contributed by atoms with Crippen LogP contribution in [0.4, 0.5) is 0 Å². The predicted octanol–water partition coefficient (Wildman–Crippen LogP) is 3.03. The zero-order valence-corrected chi connectivity index (χ0v) is 20.6. The number of halogens is 1. The Morgan fingerprint density at radius 1 is 1.07 bits per heavy atom. The average molecular weight is 503 g/mol. The molecule has 0 radical (unpaired) electrons. The van der Waals surface area contributed by atoms with E-state index in [0.717, 1.165) is 25.6 Å². The van der Waals surface area contributed by atoms with Crippen LogP contribution in [0.5, 0.6) is 0 Å². The van der Waals surface area contributed by atoms with E-state index in [9.17, 15) is 4.79 Å². The van der Waals surface area contributed by atoms with E-state index in [1.54, 1.807) is 0 Å². The molecule has 0 saturated carbocycles. The van der Waals surface area contributed by atoms with Gasteiger partial charge in [0.15, 0.2) is 5.96 Å². The summed E-state index contributed by atoms with van der Waals surface area (Å²) < 4.78 is 0. The lowest BCUT2D eigenvalue weighted by molar-refractivity contribution is -0.130. The maximum absolute atomic E-state index is 12.1. The number of carbonyl (C=O) groups excluding carboxylic acids is 1. The molecule has 160 valence electrons. The molecular formula is C21H38IN5O. The molecule has 2 N–H and O–H groups in total. The van der Waals surface area contributed by atoms with Crippen LogP contribution in [0.2, 0.25) is 0 Å². The number of amides is 1. The number of hydrogen-bond donors (Lipinski definition) is 2. The van der Waals surface area contributed by atoms with Crippen LogP contribution in [0.3, 0.4) is 0 Å². The van der Waals surface area contributed by atoms with Gasteiger partial charge >= 0.3 is 0 Å². The second-order valence-electron chi connectivity index (χ2n) is 6.85. The molecule has 1 rings (SSSR count). The number of aliphatic imine (C=N–C) groups is 1. The van der Waals surface area contributed by atoms with Crippen molar-refractivity contribution in [3.05, 3.63) is 35.4 Å². The van der Waals surface area contributed by atoms with E-state index in [4.69, 9.17) is 4.99 Å². The van der Waals surface area contributed by atoms with Crippen LogP contribution in [0.15, 0.2) is 29.3 Å². The molecule has 0 saturated heterocycles. The highest BCUT2D eigenvalue weighted by molar-refractivity contribution is 14.0. The minimum Gasteiger partial charge on any atom is -0.357 e. The summed E-state index contributed by atoms with van der Waals surface area (Å²) in [6, 6.07) is 8.81. The first-order valence-electron chi connectivity index (χ1n) is 9.95. The molecule has 1 unspecified atom stereocenters. The monoisotopic (exact) mass is 503 g/mol. The van der Waals surface area contributed by atoms with Gasteiger partial charge in [-0.05, 0) is 47.4 Å². The van der Waals surface area contributed by atoms with Gasteiger partial charge in [0.1, 0.15) is 0 Å². The number of carbonyl (C=O) groups is 1. The SMILES string of the molecule is CCNC(=NCC(c1ccc(C)cc1)N(C)C)NCCC(=O)N(CC)CC.I. The van der Waals surface area contributed by atoms with Crippen LogP contribution in [0.25, 0.3) is 0 Å². The summed E-state index contributed by atoms with van der Waals surface area (Å²) >= 11 is 0. The molecule has 1 atom stereocenters. The largest absolute Gasteiger partial charge is 0.357 e. The van der Waals surface area contributed by atoms with Crippen molar-refractivity contribution in [2.45, 2.75) is 40.2 Å². The highest BCUT2D eigenvalue weighted by atomic mass is 127. The van der Waals surface area contributed by atoms with Gasteiger partial charge in [0, 0.05) is 32.6 Å². The Balaban J connectivity index is 0.00000729. The predicted molar refractivity (Wildman–Crippen MR) is 130 cm³/mol. The molecule has 0 aliphatic rings. The summed E-state index contributed by atoms with van der Waals surface area (Å²) in [7, 11) is 4.15. The third-order valence-electron chi connectivity index (χ3n) is 4.60. The Morgan fingerprint density at radius 3 is 2.18 bits per heavy atom. The number of benzene rings is 1. The molecule has 0 heterocycles. The summed E-state index contributed by atoms with van der Waals surface area (Å²) in [5.74, 6) is 0.929. The minimum absolute atomic E-state index is 0. The molecule has 7 heteroatoms. The van der Waals surface area contributed by atoms with E-state index in [-0.39, 0.29) is 35.9 Å². The molecule has 28 heavy (non-hydrogen) atoms. The lowest BCUT2D eigenvalue weighted by Gasteiger charge is -2.24. The maximum atomic E-state index is 12.1. The lowest BCUT2D eigenvalue weighted by atomic mass is 10.0. The van der Waals surface area contributed by atoms with Crippen molar-refractivity contribution in [1.82, 2.24) is 20.4 Å². The van der Waals surface area contributed by atoms with E-state index in [2.05, 4.69) is 60.8 Å². The summed E-state index contributed by atoms with van der Waals surface area (Å²) in [5.41, 5.74) is 2.51. The van der Waals surface area contributed by atoms with Gasteiger partial charge in [-0.15, -0.1) is 24.0 Å². The highest BCUT2D eigenvalue weighted by Crippen LogP contribution is 2.19. The van der Waals surface area contributed by atoms with Crippen molar-refractivity contribution in [2.24, 2.45) is 4.99 Å². The maximum Gasteiger partial charge on any atom is 0.224 e. The minimum atomic E-state index is 0. The zero-order valence-electron chi connectivity index (χ0n) is 18.3. The normalized spacial score (nSPS) is 12.3. The molecule has 0 aliphatic heterocycles. The lowest BCUT2D eigenvalue weighted by Crippen LogP contribution is -2.40. The van der Waals surface area contributed by atoms with Crippen LogP contribution < -0.4 is 10.6 Å². The fourth-order valence-corrected chi connectivity index (χ4v) is 2.90. The fourth-order valence-electron chi connectivity index (χ4n) is 2.90. The molecule has 6 nitrogen and oxygen atoms in total. The summed E-state index contributed by atoms with van der Waals surface area (Å²) in [4.78, 5) is 20.9. The van der Waals surface area contributed by atoms with E-state index in [0.29, 0.717) is 19.5 Å². The van der Waals surface area contributed by atoms with Gasteiger partial charge in [0.2, 0.25) is 5.91 Å². The van der Waals surface area contributed by atoms with Crippen molar-refractivity contribution in [2.75, 3.05) is 46.8 Å². The Kier molecular flexibility index (Phi) is 13.9. The van der Waals surface area contributed by atoms with Gasteiger partial charge in [0.05, 0.1) is 12.6 Å². The number of aryl methyl sites for hydroxylation is 1. The Labute approximate surface area is 188 Å². The van der Waals surface area contributed by atoms with Crippen molar-refractivity contribution in [3.63, 3.8) is 0 Å². The number of likely N-dealkylation sites (N-methyl/N-ethyl adjacent to an activating group) is 1. The molecule has 0 aliphatic carbocycles. The first-order chi connectivity index (χ1) is 12.9. The third kappa shape index (κ3) is 9.23. The van der Waals surface area contributed by atoms with Gasteiger partial charge in [-0.3, -0.25) is 9.79 Å². The first-order valence-corrected chi connectivity index (χ1v) is 9.95. The zero-order chi connectivity index (χ0) is 20.2. The van der Waals surface area contributed by atoms with Gasteiger partial charge in [-0.2, -0.15) is 0 Å². The number of hydrogen-bond acceptors (Lipinski definition) is 3. The molecule has 0 fully saturated rings. The van der Waals surface area contributed by atoms with Crippen molar-refractivity contribution >= 4 is 35.8 Å². The molecule has 1 aromatic carbocycles. The first kappa shape index (κ1) is 26.6. The standard InChI is InChI=1S/C21H37N5O.HI/c1-7-22-21(23-15-14-20(27)26(8-2)9-3)24-16-19(25(5)6)18-12-10-17(4)11-13-18;/h10-13,19H,7-9,14-16H2,1-6H3,(H2,22,23,24);1H. The van der Waals surface area contributed by atoms with Gasteiger partial charge in [-0.25, -0.2) is 0 Å². The fraction of sp³-hybridized carbons (Fsp3) is 0.619. The molecular weight excluding hydrogens is 465 g/mol. The van der Waals surface area contributed by atoms with E-state index >= 15 is 0 Å². The molecule has 1 amide bonds. The topological polar surface area (TPSA) is 60.0 Å². The highest BCUT2D eigenvalue weighted by Gasteiger charge is 2.14. The van der Waals surface area contributed by atoms with E-state index in [1.165, 1.54) is 11.1 Å². The van der Waals surface area contributed by atoms with Crippen LogP contribution in [-0.4, -0.2) is 68.5 Å². The second-order valence-corrected chi connectivity index (χ2v) is 6.85. The number of nitrogens with one attached hydrogen (secondary N) is 2. The smallest absolute Gasteiger partial charge is 0.224 e. The third-order valence-corrected chi connectivity index (χ3v) is 4.60. The summed E-state index contributed by atoms with van der Waals surface area (Å²) in [6.07, 6.45) is 0.473. The molecule has 1 aromatic rings. The molecule has 0 bridgehead atoms. The number of nitrogens with zero attached hydrogens (tertiary/aromatic N) is 3. The number of guanidine groups is 1. The van der Waals surface area contributed by atoms with Crippen LogP contribution in [0.1, 0.15) is 44.4 Å². The van der Waals surface area contributed by atoms with Crippen molar-refractivity contribution < 1.29 is 4.79 Å². The number of rotatable bonds is 10. The average Bonchev–Trinajstić information content (AvgIpc) is 2.64. The summed E-state index contributed by atoms with van der Waals surface area (Å²) in [5, 5.41) is 6.55. The van der Waals surface area contributed by atoms with Crippen molar-refractivity contribution in [1.29, 1.82) is 0 Å². The van der Waals surface area contributed by atoms with Crippen molar-refractivity contribution in [3.8, 4) is 0 Å². The second kappa shape index (κ2) is 14.6. The van der Waals surface area contributed by atoms with Crippen LogP contribution in [-0.2, 0) is 4.79 Å².